The van der Waals surface area contributed by atoms with Gasteiger partial charge in [0.25, 0.3) is 5.91 Å². The van der Waals surface area contributed by atoms with E-state index in [1.165, 1.54) is 11.1 Å². The molecule has 2 N–H and O–H groups in total. The maximum absolute atomic E-state index is 12.4. The first-order valence-corrected chi connectivity index (χ1v) is 9.83. The van der Waals surface area contributed by atoms with Crippen LogP contribution < -0.4 is 10.6 Å². The van der Waals surface area contributed by atoms with Crippen LogP contribution >= 0.6 is 0 Å². The first-order chi connectivity index (χ1) is 14.8. The second kappa shape index (κ2) is 9.47. The first-order valence-electron chi connectivity index (χ1n) is 9.83. The summed E-state index contributed by atoms with van der Waals surface area (Å²) in [4.78, 5) is 21.1. The zero-order valence-electron chi connectivity index (χ0n) is 16.4. The van der Waals surface area contributed by atoms with Gasteiger partial charge >= 0.3 is 0 Å². The lowest BCUT2D eigenvalue weighted by Gasteiger charge is -2.19. The molecule has 0 atom stereocenters. The van der Waals surface area contributed by atoms with Gasteiger partial charge in [-0.15, -0.1) is 0 Å². The molecule has 0 aliphatic heterocycles. The summed E-state index contributed by atoms with van der Waals surface area (Å²) in [7, 11) is 0. The summed E-state index contributed by atoms with van der Waals surface area (Å²) in [5, 5.41) is 6.14. The fourth-order valence-corrected chi connectivity index (χ4v) is 3.28. The van der Waals surface area contributed by atoms with Gasteiger partial charge in [-0.1, -0.05) is 78.9 Å². The highest BCUT2D eigenvalue weighted by atomic mass is 16.1. The third kappa shape index (κ3) is 4.89. The van der Waals surface area contributed by atoms with E-state index in [-0.39, 0.29) is 11.8 Å². The van der Waals surface area contributed by atoms with Crippen LogP contribution in [0.25, 0.3) is 0 Å². The maximum Gasteiger partial charge on any atom is 0.256 e. The molecule has 0 unspecified atom stereocenters. The summed E-state index contributed by atoms with van der Waals surface area (Å²) in [6.07, 6.45) is 1.63. The fraction of sp³-hybridized carbons (Fsp3) is 0.0800. The Hall–Kier alpha value is -3.99. The predicted molar refractivity (Wildman–Crippen MR) is 120 cm³/mol. The van der Waals surface area contributed by atoms with E-state index in [1.54, 1.807) is 24.4 Å². The minimum atomic E-state index is -0.202. The number of rotatable bonds is 7. The minimum Gasteiger partial charge on any atom is -0.353 e. The SMILES string of the molecule is O=C(Nc1ccnc(NCC(c2ccccc2)c2ccccc2)n1)c1ccccc1. The van der Waals surface area contributed by atoms with E-state index in [2.05, 4.69) is 44.9 Å². The number of nitrogens with zero attached hydrogens (tertiary/aromatic N) is 2. The molecule has 5 heteroatoms. The van der Waals surface area contributed by atoms with Gasteiger partial charge in [0.15, 0.2) is 0 Å². The van der Waals surface area contributed by atoms with Crippen molar-refractivity contribution in [3.05, 3.63) is 120 Å². The van der Waals surface area contributed by atoms with E-state index < -0.39 is 0 Å². The van der Waals surface area contributed by atoms with E-state index in [9.17, 15) is 4.79 Å². The van der Waals surface area contributed by atoms with Crippen molar-refractivity contribution in [1.82, 2.24) is 9.97 Å². The number of hydrogen-bond acceptors (Lipinski definition) is 4. The van der Waals surface area contributed by atoms with Crippen LogP contribution in [-0.2, 0) is 0 Å². The van der Waals surface area contributed by atoms with Crippen molar-refractivity contribution in [3.63, 3.8) is 0 Å². The molecule has 1 heterocycles. The Kier molecular flexibility index (Phi) is 6.11. The molecule has 4 rings (SSSR count). The summed E-state index contributed by atoms with van der Waals surface area (Å²) < 4.78 is 0. The highest BCUT2D eigenvalue weighted by Crippen LogP contribution is 2.24. The Morgan fingerprint density at radius 2 is 1.33 bits per heavy atom. The highest BCUT2D eigenvalue weighted by Gasteiger charge is 2.14. The second-order valence-corrected chi connectivity index (χ2v) is 6.84. The lowest BCUT2D eigenvalue weighted by atomic mass is 9.91. The van der Waals surface area contributed by atoms with Gasteiger partial charge in [-0.05, 0) is 29.3 Å². The molecule has 0 spiro atoms. The third-order valence-corrected chi connectivity index (χ3v) is 4.80. The largest absolute Gasteiger partial charge is 0.353 e. The third-order valence-electron chi connectivity index (χ3n) is 4.80. The van der Waals surface area contributed by atoms with Crippen LogP contribution in [0.1, 0.15) is 27.4 Å². The molecular formula is C25H22N4O. The van der Waals surface area contributed by atoms with E-state index >= 15 is 0 Å². The molecule has 3 aromatic carbocycles. The normalized spacial score (nSPS) is 10.6. The fourth-order valence-electron chi connectivity index (χ4n) is 3.28. The molecular weight excluding hydrogens is 372 g/mol. The molecule has 4 aromatic rings. The van der Waals surface area contributed by atoms with Crippen LogP contribution in [0.4, 0.5) is 11.8 Å². The Morgan fingerprint density at radius 1 is 0.767 bits per heavy atom. The van der Waals surface area contributed by atoms with Crippen molar-refractivity contribution in [2.75, 3.05) is 17.2 Å². The molecule has 0 saturated heterocycles. The quantitative estimate of drug-likeness (QED) is 0.464. The van der Waals surface area contributed by atoms with E-state index in [1.807, 2.05) is 54.6 Å². The van der Waals surface area contributed by atoms with Crippen LogP contribution in [-0.4, -0.2) is 22.4 Å². The standard InChI is InChI=1S/C25H22N4O/c30-24(21-14-8-3-9-15-21)28-23-16-17-26-25(29-23)27-18-22(19-10-4-1-5-11-19)20-12-6-2-7-13-20/h1-17,22H,18H2,(H2,26,27,28,29,30). The van der Waals surface area contributed by atoms with Gasteiger partial charge in [0.05, 0.1) is 0 Å². The number of hydrogen-bond donors (Lipinski definition) is 2. The topological polar surface area (TPSA) is 66.9 Å². The summed E-state index contributed by atoms with van der Waals surface area (Å²) >= 11 is 0. The molecule has 0 fully saturated rings. The van der Waals surface area contributed by atoms with Gasteiger partial charge < -0.3 is 10.6 Å². The van der Waals surface area contributed by atoms with Crippen LogP contribution in [0.5, 0.6) is 0 Å². The van der Waals surface area contributed by atoms with E-state index in [4.69, 9.17) is 0 Å². The van der Waals surface area contributed by atoms with Crippen LogP contribution in [0, 0.1) is 0 Å². The molecule has 1 amide bonds. The monoisotopic (exact) mass is 394 g/mol. The molecule has 5 nitrogen and oxygen atoms in total. The van der Waals surface area contributed by atoms with Crippen molar-refractivity contribution in [1.29, 1.82) is 0 Å². The van der Waals surface area contributed by atoms with Gasteiger partial charge in [-0.2, -0.15) is 4.98 Å². The number of nitrogens with one attached hydrogen (secondary N) is 2. The molecule has 0 bridgehead atoms. The Balaban J connectivity index is 1.48. The average Bonchev–Trinajstić information content (AvgIpc) is 2.81. The van der Waals surface area contributed by atoms with Crippen molar-refractivity contribution >= 4 is 17.7 Å². The zero-order valence-corrected chi connectivity index (χ0v) is 16.4. The molecule has 0 aliphatic carbocycles. The predicted octanol–water partition coefficient (Wildman–Crippen LogP) is 4.97. The summed E-state index contributed by atoms with van der Waals surface area (Å²) in [5.41, 5.74) is 3.01. The number of benzene rings is 3. The smallest absolute Gasteiger partial charge is 0.256 e. The molecule has 0 aliphatic rings. The highest BCUT2D eigenvalue weighted by molar-refractivity contribution is 6.03. The van der Waals surface area contributed by atoms with Crippen molar-refractivity contribution in [2.45, 2.75) is 5.92 Å². The lowest BCUT2D eigenvalue weighted by Crippen LogP contribution is -2.17. The van der Waals surface area contributed by atoms with Gasteiger partial charge in [0, 0.05) is 24.2 Å². The Labute approximate surface area is 175 Å². The summed E-state index contributed by atoms with van der Waals surface area (Å²) in [5.74, 6) is 0.875. The molecule has 0 radical (unpaired) electrons. The first kappa shape index (κ1) is 19.3. The van der Waals surface area contributed by atoms with E-state index in [0.717, 1.165) is 0 Å². The molecule has 148 valence electrons. The van der Waals surface area contributed by atoms with Crippen LogP contribution in [0.2, 0.25) is 0 Å². The second-order valence-electron chi connectivity index (χ2n) is 6.84. The molecule has 30 heavy (non-hydrogen) atoms. The van der Waals surface area contributed by atoms with Gasteiger partial charge in [-0.3, -0.25) is 4.79 Å². The van der Waals surface area contributed by atoms with Gasteiger partial charge in [0.1, 0.15) is 5.82 Å². The van der Waals surface area contributed by atoms with Crippen molar-refractivity contribution < 1.29 is 4.79 Å². The number of amides is 1. The number of carbonyl (C=O) groups excluding carboxylic acids is 1. The van der Waals surface area contributed by atoms with Gasteiger partial charge in [0.2, 0.25) is 5.95 Å². The number of aromatic nitrogens is 2. The lowest BCUT2D eigenvalue weighted by molar-refractivity contribution is 0.102. The summed E-state index contributed by atoms with van der Waals surface area (Å²) in [6, 6.07) is 31.4. The molecule has 0 saturated carbocycles. The Morgan fingerprint density at radius 3 is 1.93 bits per heavy atom. The Bertz CT molecular complexity index is 1050. The average molecular weight is 394 g/mol. The minimum absolute atomic E-state index is 0.151. The number of anilines is 2. The number of carbonyl (C=O) groups is 1. The zero-order chi connectivity index (χ0) is 20.6. The maximum atomic E-state index is 12.4. The van der Waals surface area contributed by atoms with Crippen LogP contribution in [0.3, 0.4) is 0 Å². The van der Waals surface area contributed by atoms with Crippen molar-refractivity contribution in [2.24, 2.45) is 0 Å². The van der Waals surface area contributed by atoms with Crippen molar-refractivity contribution in [3.8, 4) is 0 Å². The van der Waals surface area contributed by atoms with E-state index in [0.29, 0.717) is 23.9 Å². The summed E-state index contributed by atoms with van der Waals surface area (Å²) in [6.45, 7) is 0.629. The van der Waals surface area contributed by atoms with Gasteiger partial charge in [-0.25, -0.2) is 4.98 Å². The van der Waals surface area contributed by atoms with Crippen LogP contribution in [0.15, 0.2) is 103 Å². The molecule has 1 aromatic heterocycles.